The Hall–Kier alpha value is -2.04. The Balaban J connectivity index is 1.96. The molecule has 3 rings (SSSR count). The van der Waals surface area contributed by atoms with E-state index in [9.17, 15) is 9.18 Å². The molecule has 0 saturated carbocycles. The first kappa shape index (κ1) is 13.0. The van der Waals surface area contributed by atoms with Crippen LogP contribution in [0.15, 0.2) is 30.3 Å². The topological polar surface area (TPSA) is 47.8 Å². The molecule has 20 heavy (non-hydrogen) atoms. The van der Waals surface area contributed by atoms with Crippen molar-refractivity contribution >= 4 is 5.78 Å². The third-order valence-electron chi connectivity index (χ3n) is 3.57. The first-order valence-electron chi connectivity index (χ1n) is 6.89. The lowest BCUT2D eigenvalue weighted by molar-refractivity contribution is 0.0971. The number of Topliss-reactive ketones (excluding diaryl/α,β-unsaturated/α-hetero) is 1. The molecule has 0 N–H and O–H groups in total. The van der Waals surface area contributed by atoms with Crippen molar-refractivity contribution in [1.82, 2.24) is 14.8 Å². The molecule has 0 fully saturated rings. The second-order valence-corrected chi connectivity index (χ2v) is 5.04. The Labute approximate surface area is 116 Å². The fourth-order valence-corrected chi connectivity index (χ4v) is 2.59. The third kappa shape index (κ3) is 2.13. The van der Waals surface area contributed by atoms with Crippen molar-refractivity contribution in [1.29, 1.82) is 0 Å². The summed E-state index contributed by atoms with van der Waals surface area (Å²) in [5.41, 5.74) is 0.994. The minimum atomic E-state index is -1.16. The number of rotatable bonds is 4. The van der Waals surface area contributed by atoms with Crippen LogP contribution in [0.5, 0.6) is 0 Å². The lowest BCUT2D eigenvalue weighted by Gasteiger charge is -2.11. The summed E-state index contributed by atoms with van der Waals surface area (Å²) in [6.45, 7) is 1.92. The van der Waals surface area contributed by atoms with E-state index < -0.39 is 6.17 Å². The van der Waals surface area contributed by atoms with Crippen molar-refractivity contribution in [3.8, 4) is 0 Å². The van der Waals surface area contributed by atoms with Gasteiger partial charge in [-0.25, -0.2) is 14.1 Å². The SMILES string of the molecule is CCCC(=O)c1nc2n(n1)C(c1ccccc1)CC2F. The van der Waals surface area contributed by atoms with E-state index in [-0.39, 0.29) is 23.5 Å². The van der Waals surface area contributed by atoms with Crippen molar-refractivity contribution in [2.75, 3.05) is 0 Å². The van der Waals surface area contributed by atoms with E-state index in [0.717, 1.165) is 12.0 Å². The van der Waals surface area contributed by atoms with Gasteiger partial charge in [-0.15, -0.1) is 5.10 Å². The van der Waals surface area contributed by atoms with Crippen LogP contribution in [0.1, 0.15) is 60.4 Å². The second kappa shape index (κ2) is 5.15. The summed E-state index contributed by atoms with van der Waals surface area (Å²) in [6, 6.07) is 9.48. The first-order valence-corrected chi connectivity index (χ1v) is 6.89. The van der Waals surface area contributed by atoms with Crippen LogP contribution in [0, 0.1) is 0 Å². The zero-order valence-corrected chi connectivity index (χ0v) is 11.3. The summed E-state index contributed by atoms with van der Waals surface area (Å²) < 4.78 is 15.7. The summed E-state index contributed by atoms with van der Waals surface area (Å²) in [6.07, 6.45) is 0.317. The van der Waals surface area contributed by atoms with Gasteiger partial charge in [-0.05, 0) is 12.0 Å². The van der Waals surface area contributed by atoms with Crippen LogP contribution >= 0.6 is 0 Å². The molecule has 104 valence electrons. The van der Waals surface area contributed by atoms with Gasteiger partial charge in [-0.3, -0.25) is 4.79 Å². The molecule has 2 atom stereocenters. The fraction of sp³-hybridized carbons (Fsp3) is 0.400. The van der Waals surface area contributed by atoms with Crippen molar-refractivity contribution in [2.24, 2.45) is 0 Å². The molecule has 4 nitrogen and oxygen atoms in total. The maximum Gasteiger partial charge on any atom is 0.217 e. The highest BCUT2D eigenvalue weighted by atomic mass is 19.1. The lowest BCUT2D eigenvalue weighted by atomic mass is 10.0. The predicted molar refractivity (Wildman–Crippen MR) is 72.3 cm³/mol. The Kier molecular flexibility index (Phi) is 3.34. The Morgan fingerprint density at radius 1 is 1.40 bits per heavy atom. The van der Waals surface area contributed by atoms with Gasteiger partial charge in [0.2, 0.25) is 11.6 Å². The highest BCUT2D eigenvalue weighted by Gasteiger charge is 2.36. The zero-order valence-electron chi connectivity index (χ0n) is 11.3. The van der Waals surface area contributed by atoms with Gasteiger partial charge in [0, 0.05) is 12.8 Å². The van der Waals surface area contributed by atoms with Gasteiger partial charge >= 0.3 is 0 Å². The van der Waals surface area contributed by atoms with Crippen molar-refractivity contribution < 1.29 is 9.18 Å². The Bertz CT molecular complexity index is 623. The van der Waals surface area contributed by atoms with E-state index in [0.29, 0.717) is 12.8 Å². The van der Waals surface area contributed by atoms with Gasteiger partial charge in [0.1, 0.15) is 0 Å². The smallest absolute Gasteiger partial charge is 0.217 e. The van der Waals surface area contributed by atoms with Gasteiger partial charge in [-0.2, -0.15) is 0 Å². The van der Waals surface area contributed by atoms with Crippen molar-refractivity contribution in [2.45, 2.75) is 38.4 Å². The van der Waals surface area contributed by atoms with Gasteiger partial charge in [0.05, 0.1) is 6.04 Å². The molecular weight excluding hydrogens is 257 g/mol. The molecule has 2 aromatic rings. The highest BCUT2D eigenvalue weighted by molar-refractivity contribution is 5.92. The molecule has 0 saturated heterocycles. The fourth-order valence-electron chi connectivity index (χ4n) is 2.59. The van der Waals surface area contributed by atoms with Crippen molar-refractivity contribution in [3.63, 3.8) is 0 Å². The minimum Gasteiger partial charge on any atom is -0.291 e. The van der Waals surface area contributed by atoms with Crippen molar-refractivity contribution in [3.05, 3.63) is 47.5 Å². The first-order chi connectivity index (χ1) is 9.70. The summed E-state index contributed by atoms with van der Waals surface area (Å²) in [7, 11) is 0. The molecule has 1 aromatic heterocycles. The number of fused-ring (bicyclic) bond motifs is 1. The number of halogens is 1. The predicted octanol–water partition coefficient (Wildman–Crippen LogP) is 3.26. The molecule has 0 spiro atoms. The quantitative estimate of drug-likeness (QED) is 0.803. The standard InChI is InChI=1S/C15H16FN3O/c1-2-6-13(20)14-17-15-11(16)9-12(19(15)18-14)10-7-4-3-5-8-10/h3-5,7-8,11-12H,2,6,9H2,1H3. The number of alkyl halides is 1. The maximum atomic E-state index is 14.1. The maximum absolute atomic E-state index is 14.1. The molecule has 1 aromatic carbocycles. The summed E-state index contributed by atoms with van der Waals surface area (Å²) >= 11 is 0. The summed E-state index contributed by atoms with van der Waals surface area (Å²) in [5.74, 6) is 0.303. The van der Waals surface area contributed by atoms with E-state index in [1.54, 1.807) is 4.68 Å². The highest BCUT2D eigenvalue weighted by Crippen LogP contribution is 2.39. The largest absolute Gasteiger partial charge is 0.291 e. The number of ketones is 1. The number of carbonyl (C=O) groups excluding carboxylic acids is 1. The number of carbonyl (C=O) groups is 1. The molecular formula is C15H16FN3O. The molecule has 0 radical (unpaired) electrons. The van der Waals surface area contributed by atoms with Crippen LogP contribution in [0.4, 0.5) is 4.39 Å². The molecule has 0 aliphatic carbocycles. The van der Waals surface area contributed by atoms with Crippen LogP contribution in [-0.4, -0.2) is 20.5 Å². The zero-order chi connectivity index (χ0) is 14.1. The van der Waals surface area contributed by atoms with Gasteiger partial charge < -0.3 is 0 Å². The average molecular weight is 273 g/mol. The number of hydrogen-bond donors (Lipinski definition) is 0. The normalized spacial score (nSPS) is 20.9. The number of aromatic nitrogens is 3. The molecule has 0 amide bonds. The van der Waals surface area contributed by atoms with Crippen LogP contribution in [0.25, 0.3) is 0 Å². The second-order valence-electron chi connectivity index (χ2n) is 5.04. The van der Waals surface area contributed by atoms with E-state index in [4.69, 9.17) is 0 Å². The van der Waals surface area contributed by atoms with Gasteiger partial charge in [0.25, 0.3) is 0 Å². The van der Waals surface area contributed by atoms with E-state index in [1.165, 1.54) is 0 Å². The van der Waals surface area contributed by atoms with E-state index in [1.807, 2.05) is 37.3 Å². The van der Waals surface area contributed by atoms with Crippen LogP contribution in [0.2, 0.25) is 0 Å². The molecule has 1 aliphatic rings. The number of hydrogen-bond acceptors (Lipinski definition) is 3. The molecule has 0 bridgehead atoms. The number of benzene rings is 1. The Morgan fingerprint density at radius 2 is 2.15 bits per heavy atom. The average Bonchev–Trinajstić information content (AvgIpc) is 3.01. The summed E-state index contributed by atoms with van der Waals surface area (Å²) in [5, 5.41) is 4.23. The molecule has 2 heterocycles. The monoisotopic (exact) mass is 273 g/mol. The van der Waals surface area contributed by atoms with Gasteiger partial charge in [0.15, 0.2) is 12.0 Å². The molecule has 2 unspecified atom stereocenters. The lowest BCUT2D eigenvalue weighted by Crippen LogP contribution is -2.09. The van der Waals surface area contributed by atoms with E-state index >= 15 is 0 Å². The minimum absolute atomic E-state index is 0.117. The van der Waals surface area contributed by atoms with E-state index in [2.05, 4.69) is 10.1 Å². The van der Waals surface area contributed by atoms with Crippen LogP contribution < -0.4 is 0 Å². The van der Waals surface area contributed by atoms with Gasteiger partial charge in [-0.1, -0.05) is 37.3 Å². The Morgan fingerprint density at radius 3 is 2.85 bits per heavy atom. The number of nitrogens with zero attached hydrogens (tertiary/aromatic N) is 3. The van der Waals surface area contributed by atoms with Crippen LogP contribution in [0.3, 0.4) is 0 Å². The summed E-state index contributed by atoms with van der Waals surface area (Å²) in [4.78, 5) is 15.9. The van der Waals surface area contributed by atoms with Crippen LogP contribution in [-0.2, 0) is 0 Å². The molecule has 5 heteroatoms. The third-order valence-corrected chi connectivity index (χ3v) is 3.57. The molecule has 1 aliphatic heterocycles.